The fourth-order valence-corrected chi connectivity index (χ4v) is 1.55. The molecule has 5 nitrogen and oxygen atoms in total. The highest BCUT2D eigenvalue weighted by molar-refractivity contribution is 5.96. The summed E-state index contributed by atoms with van der Waals surface area (Å²) < 4.78 is 0. The molecular weight excluding hydrogens is 216 g/mol. The van der Waals surface area contributed by atoms with Crippen LogP contribution in [0.15, 0.2) is 30.6 Å². The van der Waals surface area contributed by atoms with Gasteiger partial charge in [0.05, 0.1) is 6.54 Å². The molecule has 4 N–H and O–H groups in total. The summed E-state index contributed by atoms with van der Waals surface area (Å²) in [6.07, 6.45) is 3.36. The molecule has 17 heavy (non-hydrogen) atoms. The predicted molar refractivity (Wildman–Crippen MR) is 65.3 cm³/mol. The molecular formula is C12H14N4O. The summed E-state index contributed by atoms with van der Waals surface area (Å²) in [4.78, 5) is 18.9. The average molecular weight is 230 g/mol. The van der Waals surface area contributed by atoms with Crippen molar-refractivity contribution in [3.63, 3.8) is 0 Å². The zero-order chi connectivity index (χ0) is 12.3. The van der Waals surface area contributed by atoms with Crippen molar-refractivity contribution in [2.24, 2.45) is 0 Å². The molecule has 0 bridgehead atoms. The van der Waals surface area contributed by atoms with Crippen molar-refractivity contribution >= 4 is 11.6 Å². The Labute approximate surface area is 99.1 Å². The second kappa shape index (κ2) is 4.69. The fraction of sp³-hybridized carbons (Fsp3) is 0.167. The maximum absolute atomic E-state index is 11.9. The molecule has 0 aliphatic rings. The molecule has 1 amide bonds. The number of anilines is 1. The number of nitrogen functional groups attached to an aromatic ring is 1. The Bertz CT molecular complexity index is 519. The number of benzene rings is 1. The van der Waals surface area contributed by atoms with Gasteiger partial charge in [-0.15, -0.1) is 0 Å². The summed E-state index contributed by atoms with van der Waals surface area (Å²) in [5.74, 6) is 0.575. The number of carbonyl (C=O) groups is 1. The number of H-pyrrole nitrogens is 1. The number of hydrogen-bond acceptors (Lipinski definition) is 3. The van der Waals surface area contributed by atoms with E-state index in [9.17, 15) is 4.79 Å². The van der Waals surface area contributed by atoms with E-state index < -0.39 is 0 Å². The Balaban J connectivity index is 2.07. The third-order valence-electron chi connectivity index (χ3n) is 2.59. The molecule has 1 heterocycles. The Morgan fingerprint density at radius 2 is 2.35 bits per heavy atom. The summed E-state index contributed by atoms with van der Waals surface area (Å²) >= 11 is 0. The van der Waals surface area contributed by atoms with Crippen LogP contribution in [0.25, 0.3) is 0 Å². The molecule has 0 saturated carbocycles. The smallest absolute Gasteiger partial charge is 0.251 e. The van der Waals surface area contributed by atoms with Crippen LogP contribution >= 0.6 is 0 Å². The minimum Gasteiger partial charge on any atom is -0.398 e. The number of aromatic amines is 1. The van der Waals surface area contributed by atoms with E-state index >= 15 is 0 Å². The first-order valence-electron chi connectivity index (χ1n) is 5.30. The van der Waals surface area contributed by atoms with Gasteiger partial charge in [0.1, 0.15) is 5.82 Å². The number of amides is 1. The maximum atomic E-state index is 11.9. The molecule has 0 spiro atoms. The molecule has 0 radical (unpaired) electrons. The molecule has 0 unspecified atom stereocenters. The summed E-state index contributed by atoms with van der Waals surface area (Å²) in [6, 6.07) is 5.30. The number of hydrogen-bond donors (Lipinski definition) is 3. The molecule has 1 aromatic carbocycles. The highest BCUT2D eigenvalue weighted by Crippen LogP contribution is 2.15. The van der Waals surface area contributed by atoms with Gasteiger partial charge >= 0.3 is 0 Å². The zero-order valence-electron chi connectivity index (χ0n) is 9.53. The average Bonchev–Trinajstić information content (AvgIpc) is 2.82. The molecule has 0 saturated heterocycles. The summed E-state index contributed by atoms with van der Waals surface area (Å²) in [6.45, 7) is 2.21. The summed E-state index contributed by atoms with van der Waals surface area (Å²) in [5.41, 5.74) is 7.76. The number of nitrogens with two attached hydrogens (primary N) is 1. The first-order chi connectivity index (χ1) is 8.18. The highest BCUT2D eigenvalue weighted by atomic mass is 16.1. The van der Waals surface area contributed by atoms with E-state index in [1.54, 1.807) is 30.6 Å². The van der Waals surface area contributed by atoms with Gasteiger partial charge in [0.15, 0.2) is 0 Å². The lowest BCUT2D eigenvalue weighted by Gasteiger charge is -2.08. The molecule has 88 valence electrons. The topological polar surface area (TPSA) is 83.8 Å². The third-order valence-corrected chi connectivity index (χ3v) is 2.59. The number of rotatable bonds is 3. The van der Waals surface area contributed by atoms with Gasteiger partial charge in [-0.3, -0.25) is 4.79 Å². The number of nitrogens with one attached hydrogen (secondary N) is 2. The second-order valence-corrected chi connectivity index (χ2v) is 3.74. The molecule has 0 atom stereocenters. The van der Waals surface area contributed by atoms with Crippen LogP contribution in [0.3, 0.4) is 0 Å². The quantitative estimate of drug-likeness (QED) is 0.693. The number of nitrogens with zero attached hydrogens (tertiary/aromatic N) is 1. The Morgan fingerprint density at radius 3 is 3.06 bits per heavy atom. The largest absolute Gasteiger partial charge is 0.398 e. The van der Waals surface area contributed by atoms with E-state index in [1.807, 2.05) is 6.92 Å². The van der Waals surface area contributed by atoms with Gasteiger partial charge < -0.3 is 16.0 Å². The molecule has 2 rings (SSSR count). The van der Waals surface area contributed by atoms with Crippen molar-refractivity contribution in [1.29, 1.82) is 0 Å². The Hall–Kier alpha value is -2.30. The van der Waals surface area contributed by atoms with Crippen LogP contribution in [0, 0.1) is 6.92 Å². The van der Waals surface area contributed by atoms with Gasteiger partial charge in [-0.2, -0.15) is 0 Å². The van der Waals surface area contributed by atoms with Crippen molar-refractivity contribution < 1.29 is 4.79 Å². The van der Waals surface area contributed by atoms with E-state index in [-0.39, 0.29) is 5.91 Å². The molecule has 2 aromatic rings. The van der Waals surface area contributed by atoms with Crippen molar-refractivity contribution in [3.8, 4) is 0 Å². The highest BCUT2D eigenvalue weighted by Gasteiger charge is 2.10. The Morgan fingerprint density at radius 1 is 1.53 bits per heavy atom. The van der Waals surface area contributed by atoms with Crippen molar-refractivity contribution in [2.75, 3.05) is 5.73 Å². The lowest BCUT2D eigenvalue weighted by Crippen LogP contribution is -2.24. The lowest BCUT2D eigenvalue weighted by atomic mass is 10.1. The molecule has 5 heteroatoms. The van der Waals surface area contributed by atoms with Crippen molar-refractivity contribution in [2.45, 2.75) is 13.5 Å². The molecule has 1 aromatic heterocycles. The SMILES string of the molecule is Cc1c(N)cccc1C(=O)NCc1ncc[nH]1. The van der Waals surface area contributed by atoms with Gasteiger partial charge in [0.2, 0.25) is 0 Å². The van der Waals surface area contributed by atoms with Gasteiger partial charge in [-0.1, -0.05) is 6.07 Å². The minimum absolute atomic E-state index is 0.147. The first-order valence-corrected chi connectivity index (χ1v) is 5.30. The predicted octanol–water partition coefficient (Wildman–Crippen LogP) is 1.23. The summed E-state index contributed by atoms with van der Waals surface area (Å²) in [5, 5.41) is 2.78. The number of imidazole rings is 1. The van der Waals surface area contributed by atoms with Gasteiger partial charge in [-0.25, -0.2) is 4.98 Å². The summed E-state index contributed by atoms with van der Waals surface area (Å²) in [7, 11) is 0. The number of carbonyl (C=O) groups excluding carboxylic acids is 1. The lowest BCUT2D eigenvalue weighted by molar-refractivity contribution is 0.0949. The van der Waals surface area contributed by atoms with E-state index in [1.165, 1.54) is 0 Å². The zero-order valence-corrected chi connectivity index (χ0v) is 9.53. The number of aromatic nitrogens is 2. The van der Waals surface area contributed by atoms with Gasteiger partial charge in [0.25, 0.3) is 5.91 Å². The van der Waals surface area contributed by atoms with Gasteiger partial charge in [0, 0.05) is 23.6 Å². The van der Waals surface area contributed by atoms with Crippen LogP contribution in [-0.4, -0.2) is 15.9 Å². The van der Waals surface area contributed by atoms with Crippen LogP contribution in [0.2, 0.25) is 0 Å². The first kappa shape index (κ1) is 11.2. The molecule has 0 aliphatic heterocycles. The van der Waals surface area contributed by atoms with Crippen LogP contribution in [0.1, 0.15) is 21.7 Å². The van der Waals surface area contributed by atoms with Crippen LogP contribution in [0.5, 0.6) is 0 Å². The van der Waals surface area contributed by atoms with Crippen LogP contribution in [0.4, 0.5) is 5.69 Å². The Kier molecular flexibility index (Phi) is 3.09. The molecule has 0 aliphatic carbocycles. The van der Waals surface area contributed by atoms with Crippen molar-refractivity contribution in [3.05, 3.63) is 47.5 Å². The van der Waals surface area contributed by atoms with E-state index in [0.29, 0.717) is 17.8 Å². The standard InChI is InChI=1S/C12H14N4O/c1-8-9(3-2-4-10(8)13)12(17)16-7-11-14-5-6-15-11/h2-6H,7,13H2,1H3,(H,14,15)(H,16,17). The molecule has 0 fully saturated rings. The van der Waals surface area contributed by atoms with E-state index in [2.05, 4.69) is 15.3 Å². The minimum atomic E-state index is -0.147. The van der Waals surface area contributed by atoms with Gasteiger partial charge in [-0.05, 0) is 24.6 Å². The second-order valence-electron chi connectivity index (χ2n) is 3.74. The van der Waals surface area contributed by atoms with E-state index in [0.717, 1.165) is 11.4 Å². The van der Waals surface area contributed by atoms with Crippen molar-refractivity contribution in [1.82, 2.24) is 15.3 Å². The third kappa shape index (κ3) is 2.44. The van der Waals surface area contributed by atoms with Crippen LogP contribution in [-0.2, 0) is 6.54 Å². The maximum Gasteiger partial charge on any atom is 0.251 e. The van der Waals surface area contributed by atoms with E-state index in [4.69, 9.17) is 5.73 Å². The van der Waals surface area contributed by atoms with Crippen LogP contribution < -0.4 is 11.1 Å². The monoisotopic (exact) mass is 230 g/mol. The fourth-order valence-electron chi connectivity index (χ4n) is 1.55. The normalized spacial score (nSPS) is 10.2.